The van der Waals surface area contributed by atoms with Gasteiger partial charge in [0.25, 0.3) is 0 Å². The minimum Gasteiger partial charge on any atom is -0.433 e. The Bertz CT molecular complexity index is 238. The summed E-state index contributed by atoms with van der Waals surface area (Å²) in [4.78, 5) is 11.3. The van der Waals surface area contributed by atoms with E-state index in [4.69, 9.17) is 4.74 Å². The second kappa shape index (κ2) is 2.71. The number of esters is 1. The van der Waals surface area contributed by atoms with Crippen molar-refractivity contribution in [1.82, 2.24) is 0 Å². The summed E-state index contributed by atoms with van der Waals surface area (Å²) in [5, 5.41) is 10.1. The SMILES string of the molecule is C[C@@H]1CCC2[C@H](C)C(=O)OC2(O)C1. The van der Waals surface area contributed by atoms with E-state index in [2.05, 4.69) is 6.92 Å². The van der Waals surface area contributed by atoms with Crippen molar-refractivity contribution in [3.63, 3.8) is 0 Å². The van der Waals surface area contributed by atoms with E-state index in [0.717, 1.165) is 12.8 Å². The van der Waals surface area contributed by atoms with E-state index in [-0.39, 0.29) is 17.8 Å². The molecule has 3 nitrogen and oxygen atoms in total. The lowest BCUT2D eigenvalue weighted by Crippen LogP contribution is -2.41. The Morgan fingerprint density at radius 3 is 2.85 bits per heavy atom. The summed E-state index contributed by atoms with van der Waals surface area (Å²) in [6.07, 6.45) is 2.60. The first-order valence-corrected chi connectivity index (χ1v) is 4.98. The first-order valence-electron chi connectivity index (χ1n) is 4.98. The van der Waals surface area contributed by atoms with Crippen LogP contribution in [0.1, 0.15) is 33.1 Å². The minimum atomic E-state index is -1.14. The largest absolute Gasteiger partial charge is 0.433 e. The maximum Gasteiger partial charge on any atom is 0.311 e. The van der Waals surface area contributed by atoms with Gasteiger partial charge in [-0.25, -0.2) is 0 Å². The van der Waals surface area contributed by atoms with E-state index in [0.29, 0.717) is 12.3 Å². The van der Waals surface area contributed by atoms with Crippen molar-refractivity contribution < 1.29 is 14.6 Å². The first kappa shape index (κ1) is 9.00. The molecular formula is C10H16O3. The lowest BCUT2D eigenvalue weighted by molar-refractivity contribution is -0.217. The van der Waals surface area contributed by atoms with E-state index in [1.807, 2.05) is 6.92 Å². The van der Waals surface area contributed by atoms with Crippen LogP contribution in [0.4, 0.5) is 0 Å². The Balaban J connectivity index is 2.22. The Labute approximate surface area is 78.1 Å². The first-order chi connectivity index (χ1) is 6.03. The van der Waals surface area contributed by atoms with Crippen molar-refractivity contribution >= 4 is 5.97 Å². The highest BCUT2D eigenvalue weighted by Gasteiger charge is 2.54. The summed E-state index contributed by atoms with van der Waals surface area (Å²) in [7, 11) is 0. The monoisotopic (exact) mass is 184 g/mol. The zero-order chi connectivity index (χ0) is 9.64. The van der Waals surface area contributed by atoms with Crippen LogP contribution in [0.25, 0.3) is 0 Å². The summed E-state index contributed by atoms with van der Waals surface area (Å²) in [5.41, 5.74) is 0. The summed E-state index contributed by atoms with van der Waals surface area (Å²) in [6.45, 7) is 3.94. The number of hydrogen-bond acceptors (Lipinski definition) is 3. The highest BCUT2D eigenvalue weighted by molar-refractivity contribution is 5.75. The van der Waals surface area contributed by atoms with Gasteiger partial charge in [-0.2, -0.15) is 0 Å². The van der Waals surface area contributed by atoms with Crippen LogP contribution < -0.4 is 0 Å². The molecule has 3 heteroatoms. The van der Waals surface area contributed by atoms with Gasteiger partial charge >= 0.3 is 5.97 Å². The number of ether oxygens (including phenoxy) is 1. The molecule has 0 bridgehead atoms. The summed E-state index contributed by atoms with van der Waals surface area (Å²) >= 11 is 0. The summed E-state index contributed by atoms with van der Waals surface area (Å²) < 4.78 is 5.05. The number of fused-ring (bicyclic) bond motifs is 1. The Morgan fingerprint density at radius 2 is 2.15 bits per heavy atom. The third kappa shape index (κ3) is 1.26. The molecule has 1 saturated heterocycles. The number of rotatable bonds is 0. The standard InChI is InChI=1S/C10H16O3/c1-6-3-4-8-7(2)9(11)13-10(8,12)5-6/h6-8,12H,3-5H2,1-2H3/t6-,7+,8?,10?/m1/s1. The maximum atomic E-state index is 11.3. The maximum absolute atomic E-state index is 11.3. The normalized spacial score (nSPS) is 50.1. The van der Waals surface area contributed by atoms with Gasteiger partial charge in [-0.1, -0.05) is 13.8 Å². The Morgan fingerprint density at radius 1 is 1.46 bits per heavy atom. The number of aliphatic hydroxyl groups is 1. The Hall–Kier alpha value is -0.570. The van der Waals surface area contributed by atoms with Crippen molar-refractivity contribution in [2.75, 3.05) is 0 Å². The highest BCUT2D eigenvalue weighted by atomic mass is 16.7. The zero-order valence-corrected chi connectivity index (χ0v) is 8.12. The molecule has 74 valence electrons. The number of hydrogen-bond donors (Lipinski definition) is 1. The molecule has 2 unspecified atom stereocenters. The van der Waals surface area contributed by atoms with E-state index in [9.17, 15) is 9.90 Å². The van der Waals surface area contributed by atoms with Crippen LogP contribution >= 0.6 is 0 Å². The van der Waals surface area contributed by atoms with Gasteiger partial charge in [-0.05, 0) is 18.8 Å². The molecule has 1 aliphatic carbocycles. The van der Waals surface area contributed by atoms with E-state index in [1.165, 1.54) is 0 Å². The molecule has 0 spiro atoms. The van der Waals surface area contributed by atoms with Crippen LogP contribution in [-0.2, 0) is 9.53 Å². The number of carbonyl (C=O) groups excluding carboxylic acids is 1. The van der Waals surface area contributed by atoms with Crippen LogP contribution in [-0.4, -0.2) is 16.9 Å². The van der Waals surface area contributed by atoms with E-state index >= 15 is 0 Å². The van der Waals surface area contributed by atoms with Crippen LogP contribution in [0.15, 0.2) is 0 Å². The molecule has 0 amide bonds. The molecule has 2 rings (SSSR count). The lowest BCUT2D eigenvalue weighted by atomic mass is 9.74. The summed E-state index contributed by atoms with van der Waals surface area (Å²) in [5.74, 6) is -1.02. The fourth-order valence-electron chi connectivity index (χ4n) is 2.63. The van der Waals surface area contributed by atoms with Gasteiger partial charge in [0.1, 0.15) is 0 Å². The van der Waals surface area contributed by atoms with Crippen molar-refractivity contribution in [3.05, 3.63) is 0 Å². The third-order valence-corrected chi connectivity index (χ3v) is 3.44. The second-order valence-corrected chi connectivity index (χ2v) is 4.55. The molecule has 0 aromatic carbocycles. The molecule has 2 fully saturated rings. The fourth-order valence-corrected chi connectivity index (χ4v) is 2.63. The van der Waals surface area contributed by atoms with E-state index in [1.54, 1.807) is 0 Å². The molecule has 0 aromatic heterocycles. The average Bonchev–Trinajstić information content (AvgIpc) is 2.22. The minimum absolute atomic E-state index is 0.0243. The quantitative estimate of drug-likeness (QED) is 0.577. The van der Waals surface area contributed by atoms with Crippen LogP contribution in [0.5, 0.6) is 0 Å². The van der Waals surface area contributed by atoms with Crippen LogP contribution in [0.2, 0.25) is 0 Å². The smallest absolute Gasteiger partial charge is 0.311 e. The molecule has 4 atom stereocenters. The Kier molecular flexibility index (Phi) is 1.88. The van der Waals surface area contributed by atoms with Crippen LogP contribution in [0.3, 0.4) is 0 Å². The van der Waals surface area contributed by atoms with Crippen molar-refractivity contribution in [1.29, 1.82) is 0 Å². The van der Waals surface area contributed by atoms with Gasteiger partial charge in [0.15, 0.2) is 0 Å². The lowest BCUT2D eigenvalue weighted by Gasteiger charge is -2.36. The summed E-state index contributed by atoms with van der Waals surface area (Å²) in [6, 6.07) is 0. The average molecular weight is 184 g/mol. The van der Waals surface area contributed by atoms with Gasteiger partial charge < -0.3 is 9.84 Å². The van der Waals surface area contributed by atoms with Gasteiger partial charge in [0, 0.05) is 12.3 Å². The topological polar surface area (TPSA) is 46.5 Å². The molecular weight excluding hydrogens is 168 g/mol. The van der Waals surface area contributed by atoms with Gasteiger partial charge in [0.2, 0.25) is 5.79 Å². The van der Waals surface area contributed by atoms with Gasteiger partial charge in [-0.15, -0.1) is 0 Å². The molecule has 0 radical (unpaired) electrons. The molecule has 2 aliphatic rings. The molecule has 1 heterocycles. The van der Waals surface area contributed by atoms with Crippen molar-refractivity contribution in [3.8, 4) is 0 Å². The van der Waals surface area contributed by atoms with Crippen molar-refractivity contribution in [2.24, 2.45) is 17.8 Å². The third-order valence-electron chi connectivity index (χ3n) is 3.44. The molecule has 13 heavy (non-hydrogen) atoms. The second-order valence-electron chi connectivity index (χ2n) is 4.55. The van der Waals surface area contributed by atoms with E-state index < -0.39 is 5.79 Å². The van der Waals surface area contributed by atoms with Gasteiger partial charge in [0.05, 0.1) is 5.92 Å². The van der Waals surface area contributed by atoms with Gasteiger partial charge in [-0.3, -0.25) is 4.79 Å². The van der Waals surface area contributed by atoms with Crippen molar-refractivity contribution in [2.45, 2.75) is 38.9 Å². The predicted octanol–water partition coefficient (Wildman–Crippen LogP) is 1.30. The molecule has 1 N–H and O–H groups in total. The molecule has 0 aromatic rings. The fraction of sp³-hybridized carbons (Fsp3) is 0.900. The van der Waals surface area contributed by atoms with Crippen LogP contribution in [0, 0.1) is 17.8 Å². The number of carbonyl (C=O) groups is 1. The molecule has 1 aliphatic heterocycles. The highest BCUT2D eigenvalue weighted by Crippen LogP contribution is 2.46. The molecule has 1 saturated carbocycles. The zero-order valence-electron chi connectivity index (χ0n) is 8.12. The predicted molar refractivity (Wildman–Crippen MR) is 46.7 cm³/mol.